The third kappa shape index (κ3) is 0.945. The maximum Gasteiger partial charge on any atom is 0.230 e. The minimum atomic E-state index is 0.701. The molecule has 0 aliphatic rings. The van der Waals surface area contributed by atoms with E-state index in [0.717, 1.165) is 5.56 Å². The first-order valence-electron chi connectivity index (χ1n) is 2.74. The van der Waals surface area contributed by atoms with Gasteiger partial charge in [-0.3, -0.25) is 0 Å². The van der Waals surface area contributed by atoms with Crippen molar-refractivity contribution in [2.75, 3.05) is 0 Å². The molecule has 0 amide bonds. The van der Waals surface area contributed by atoms with Crippen molar-refractivity contribution in [3.63, 3.8) is 0 Å². The van der Waals surface area contributed by atoms with Crippen LogP contribution in [0.2, 0.25) is 0 Å². The van der Waals surface area contributed by atoms with Crippen LogP contribution in [0.4, 0.5) is 5.82 Å². The van der Waals surface area contributed by atoms with Crippen molar-refractivity contribution < 1.29 is 0 Å². The molecule has 1 rings (SSSR count). The third-order valence-corrected chi connectivity index (χ3v) is 1.23. The molecule has 0 fully saturated rings. The van der Waals surface area contributed by atoms with Gasteiger partial charge in [-0.05, 0) is 18.6 Å². The zero-order valence-electron chi connectivity index (χ0n) is 5.55. The van der Waals surface area contributed by atoms with Gasteiger partial charge >= 0.3 is 0 Å². The fourth-order valence-electron chi connectivity index (χ4n) is 0.825. The highest BCUT2D eigenvalue weighted by atomic mass is 15.0. The monoisotopic (exact) mass is 120 g/mol. The van der Waals surface area contributed by atoms with Crippen molar-refractivity contribution in [3.8, 4) is 0 Å². The van der Waals surface area contributed by atoms with E-state index in [-0.39, 0.29) is 0 Å². The molecule has 0 N–H and O–H groups in total. The molecule has 0 spiro atoms. The van der Waals surface area contributed by atoms with E-state index in [0.29, 0.717) is 5.82 Å². The smallest absolute Gasteiger partial charge is 0.230 e. The summed E-state index contributed by atoms with van der Waals surface area (Å²) in [4.78, 5) is 3.30. The van der Waals surface area contributed by atoms with E-state index in [2.05, 4.69) is 4.85 Å². The average molecular weight is 120 g/mol. The van der Waals surface area contributed by atoms with Crippen LogP contribution < -0.4 is 0 Å². The highest BCUT2D eigenvalue weighted by Crippen LogP contribution is 2.13. The second-order valence-corrected chi connectivity index (χ2v) is 2.10. The summed E-state index contributed by atoms with van der Waals surface area (Å²) in [5, 5.41) is 0. The maximum atomic E-state index is 6.70. The fraction of sp³-hybridized carbons (Fsp3) is 0.286. The Labute approximate surface area is 54.5 Å². The van der Waals surface area contributed by atoms with Gasteiger partial charge in [-0.25, -0.2) is 0 Å². The molecule has 0 aromatic carbocycles. The highest BCUT2D eigenvalue weighted by Gasteiger charge is 1.96. The summed E-state index contributed by atoms with van der Waals surface area (Å²) in [6, 6.07) is 1.87. The Kier molecular flexibility index (Phi) is 1.27. The number of rotatable bonds is 0. The summed E-state index contributed by atoms with van der Waals surface area (Å²) in [6.45, 7) is 8.68. The van der Waals surface area contributed by atoms with Gasteiger partial charge in [-0.15, -0.1) is 0 Å². The summed E-state index contributed by atoms with van der Waals surface area (Å²) >= 11 is 0. The molecule has 0 unspecified atom stereocenters. The van der Waals surface area contributed by atoms with E-state index in [4.69, 9.17) is 6.57 Å². The Morgan fingerprint density at radius 3 is 2.56 bits per heavy atom. The Morgan fingerprint density at radius 1 is 1.67 bits per heavy atom. The molecule has 2 heteroatoms. The summed E-state index contributed by atoms with van der Waals surface area (Å²) in [5.41, 5.74) is 1.14. The molecular weight excluding hydrogens is 112 g/mol. The molecule has 0 saturated carbocycles. The topological polar surface area (TPSA) is 9.29 Å². The Hall–Kier alpha value is -1.23. The van der Waals surface area contributed by atoms with Crippen LogP contribution in [0.3, 0.4) is 0 Å². The quantitative estimate of drug-likeness (QED) is 0.462. The molecule has 1 aromatic rings. The molecule has 2 nitrogen and oxygen atoms in total. The van der Waals surface area contributed by atoms with Crippen LogP contribution in [0.5, 0.6) is 0 Å². The second kappa shape index (κ2) is 1.94. The highest BCUT2D eigenvalue weighted by molar-refractivity contribution is 5.40. The van der Waals surface area contributed by atoms with Crippen molar-refractivity contribution in [2.24, 2.45) is 7.05 Å². The molecule has 0 saturated heterocycles. The van der Waals surface area contributed by atoms with Gasteiger partial charge in [-0.1, -0.05) is 6.57 Å². The summed E-state index contributed by atoms with van der Waals surface area (Å²) in [5.74, 6) is 0.701. The number of aromatic nitrogens is 1. The van der Waals surface area contributed by atoms with Crippen LogP contribution in [0, 0.1) is 13.5 Å². The van der Waals surface area contributed by atoms with E-state index in [1.165, 1.54) is 0 Å². The molecule has 0 radical (unpaired) electrons. The summed E-state index contributed by atoms with van der Waals surface area (Å²) in [6.07, 6.45) is 1.94. The first-order valence-corrected chi connectivity index (χ1v) is 2.74. The zero-order chi connectivity index (χ0) is 6.85. The number of hydrogen-bond donors (Lipinski definition) is 0. The lowest BCUT2D eigenvalue weighted by atomic mass is 10.4. The van der Waals surface area contributed by atoms with E-state index in [1.54, 1.807) is 0 Å². The predicted octanol–water partition coefficient (Wildman–Crippen LogP) is 1.88. The molecule has 1 aromatic heterocycles. The summed E-state index contributed by atoms with van der Waals surface area (Å²) < 4.78 is 1.82. The standard InChI is InChI=1S/C7H8N2/c1-6-4-7(8-2)9(3)5-6/h4-5H,1,3H3. The van der Waals surface area contributed by atoms with Gasteiger partial charge in [-0.2, -0.15) is 0 Å². The molecule has 46 valence electrons. The molecule has 9 heavy (non-hydrogen) atoms. The van der Waals surface area contributed by atoms with Gasteiger partial charge < -0.3 is 9.41 Å². The van der Waals surface area contributed by atoms with Gasteiger partial charge in [0.1, 0.15) is 0 Å². The van der Waals surface area contributed by atoms with Crippen LogP contribution in [0.15, 0.2) is 12.3 Å². The largest absolute Gasteiger partial charge is 0.364 e. The number of hydrogen-bond acceptors (Lipinski definition) is 0. The van der Waals surface area contributed by atoms with Crippen molar-refractivity contribution in [1.82, 2.24) is 4.57 Å². The van der Waals surface area contributed by atoms with E-state index >= 15 is 0 Å². The molecule has 1 heterocycles. The number of aryl methyl sites for hydroxylation is 2. The van der Waals surface area contributed by atoms with E-state index in [1.807, 2.05) is 30.8 Å². The second-order valence-electron chi connectivity index (χ2n) is 2.10. The SMILES string of the molecule is [C-]#[N+]c1cc(C)cn1C. The average Bonchev–Trinajstić information content (AvgIpc) is 2.10. The van der Waals surface area contributed by atoms with Crippen molar-refractivity contribution in [2.45, 2.75) is 6.92 Å². The molecule has 0 aliphatic carbocycles. The van der Waals surface area contributed by atoms with Crippen LogP contribution in [0.1, 0.15) is 5.56 Å². The first-order chi connectivity index (χ1) is 4.24. The van der Waals surface area contributed by atoms with Gasteiger partial charge in [0.2, 0.25) is 5.82 Å². The van der Waals surface area contributed by atoms with E-state index < -0.39 is 0 Å². The van der Waals surface area contributed by atoms with Crippen molar-refractivity contribution in [3.05, 3.63) is 29.2 Å². The van der Waals surface area contributed by atoms with Crippen molar-refractivity contribution in [1.29, 1.82) is 0 Å². The minimum absolute atomic E-state index is 0.701. The zero-order valence-corrected chi connectivity index (χ0v) is 5.55. The van der Waals surface area contributed by atoms with Crippen molar-refractivity contribution >= 4 is 5.82 Å². The predicted molar refractivity (Wildman–Crippen MR) is 36.4 cm³/mol. The molecule has 0 aliphatic heterocycles. The van der Waals surface area contributed by atoms with Gasteiger partial charge in [0.25, 0.3) is 0 Å². The minimum Gasteiger partial charge on any atom is -0.364 e. The molecule has 0 atom stereocenters. The Bertz CT molecular complexity index is 252. The third-order valence-electron chi connectivity index (χ3n) is 1.23. The van der Waals surface area contributed by atoms with Gasteiger partial charge in [0.05, 0.1) is 13.2 Å². The molecular formula is C7H8N2. The lowest BCUT2D eigenvalue weighted by Crippen LogP contribution is -1.79. The fourth-order valence-corrected chi connectivity index (χ4v) is 0.825. The van der Waals surface area contributed by atoms with Crippen LogP contribution in [-0.4, -0.2) is 4.57 Å². The first kappa shape index (κ1) is 5.90. The van der Waals surface area contributed by atoms with Crippen LogP contribution in [-0.2, 0) is 7.05 Å². The van der Waals surface area contributed by atoms with Gasteiger partial charge in [0, 0.05) is 0 Å². The molecule has 0 bridgehead atoms. The Morgan fingerprint density at radius 2 is 2.33 bits per heavy atom. The lowest BCUT2D eigenvalue weighted by Gasteiger charge is -1.86. The van der Waals surface area contributed by atoms with Crippen LogP contribution in [0.25, 0.3) is 4.85 Å². The lowest BCUT2D eigenvalue weighted by molar-refractivity contribution is 0.943. The maximum absolute atomic E-state index is 6.70. The Balaban J connectivity index is 3.20. The van der Waals surface area contributed by atoms with Crippen LogP contribution >= 0.6 is 0 Å². The normalized spacial score (nSPS) is 9.00. The number of nitrogens with zero attached hydrogens (tertiary/aromatic N) is 2. The van der Waals surface area contributed by atoms with E-state index in [9.17, 15) is 0 Å². The summed E-state index contributed by atoms with van der Waals surface area (Å²) in [7, 11) is 1.88. The van der Waals surface area contributed by atoms with Gasteiger partial charge in [0.15, 0.2) is 0 Å².